The summed E-state index contributed by atoms with van der Waals surface area (Å²) in [6.45, 7) is 0.559. The van der Waals surface area contributed by atoms with Gasteiger partial charge in [0.1, 0.15) is 11.6 Å². The van der Waals surface area contributed by atoms with E-state index in [9.17, 15) is 13.2 Å². The lowest BCUT2D eigenvalue weighted by molar-refractivity contribution is -0.0506. The molecule has 0 aliphatic carbocycles. The number of nitrogens with zero attached hydrogens (tertiary/aromatic N) is 1. The van der Waals surface area contributed by atoms with Crippen molar-refractivity contribution in [2.75, 3.05) is 40.0 Å². The predicted octanol–water partition coefficient (Wildman–Crippen LogP) is 2.93. The number of benzene rings is 1. The number of ether oxygens (including phenoxy) is 3. The Morgan fingerprint density at radius 1 is 1.29 bits per heavy atom. The van der Waals surface area contributed by atoms with Crippen LogP contribution in [-0.4, -0.2) is 52.6 Å². The smallest absolute Gasteiger partial charge is 0.387 e. The van der Waals surface area contributed by atoms with Crippen molar-refractivity contribution in [3.05, 3.63) is 29.6 Å². The summed E-state index contributed by atoms with van der Waals surface area (Å²) in [7, 11) is 1.58. The lowest BCUT2D eigenvalue weighted by Crippen LogP contribution is -2.38. The fourth-order valence-corrected chi connectivity index (χ4v) is 2.85. The van der Waals surface area contributed by atoms with Crippen molar-refractivity contribution < 1.29 is 27.4 Å². The normalized spacial score (nSPS) is 15.7. The SMILES string of the molecule is CN=C(NCCCOCC1CCOCC1)NCc1c(F)cccc1OC(F)F. The van der Waals surface area contributed by atoms with Crippen molar-refractivity contribution in [3.8, 4) is 5.75 Å². The Morgan fingerprint density at radius 3 is 2.79 bits per heavy atom. The second kappa shape index (κ2) is 12.5. The van der Waals surface area contributed by atoms with Gasteiger partial charge >= 0.3 is 6.61 Å². The van der Waals surface area contributed by atoms with E-state index < -0.39 is 12.4 Å². The quantitative estimate of drug-likeness (QED) is 0.357. The largest absolute Gasteiger partial charge is 0.434 e. The van der Waals surface area contributed by atoms with Crippen molar-refractivity contribution >= 4 is 5.96 Å². The Morgan fingerprint density at radius 2 is 2.07 bits per heavy atom. The van der Waals surface area contributed by atoms with Gasteiger partial charge in [-0.2, -0.15) is 8.78 Å². The first-order chi connectivity index (χ1) is 13.6. The maximum atomic E-state index is 14.0. The summed E-state index contributed by atoms with van der Waals surface area (Å²) in [6, 6.07) is 3.82. The lowest BCUT2D eigenvalue weighted by Gasteiger charge is -2.21. The summed E-state index contributed by atoms with van der Waals surface area (Å²) in [5.74, 6) is 0.194. The molecule has 2 N–H and O–H groups in total. The molecule has 2 rings (SSSR count). The molecule has 0 atom stereocenters. The third-order valence-electron chi connectivity index (χ3n) is 4.40. The van der Waals surface area contributed by atoms with Crippen LogP contribution in [0.1, 0.15) is 24.8 Å². The molecule has 28 heavy (non-hydrogen) atoms. The summed E-state index contributed by atoms with van der Waals surface area (Å²) in [6.07, 6.45) is 2.87. The van der Waals surface area contributed by atoms with E-state index in [-0.39, 0.29) is 17.9 Å². The van der Waals surface area contributed by atoms with Crippen LogP contribution in [0.3, 0.4) is 0 Å². The van der Waals surface area contributed by atoms with Gasteiger partial charge in [-0.1, -0.05) is 6.07 Å². The van der Waals surface area contributed by atoms with Crippen molar-refractivity contribution in [2.45, 2.75) is 32.4 Å². The van der Waals surface area contributed by atoms with Crippen LogP contribution < -0.4 is 15.4 Å². The Hall–Kier alpha value is -2.00. The van der Waals surface area contributed by atoms with E-state index in [1.165, 1.54) is 18.2 Å². The average molecular weight is 403 g/mol. The number of hydrogen-bond donors (Lipinski definition) is 2. The van der Waals surface area contributed by atoms with E-state index in [0.717, 1.165) is 39.1 Å². The molecule has 1 aliphatic rings. The van der Waals surface area contributed by atoms with E-state index >= 15 is 0 Å². The first-order valence-electron chi connectivity index (χ1n) is 9.42. The number of guanidine groups is 1. The van der Waals surface area contributed by atoms with Gasteiger partial charge in [0.05, 0.1) is 0 Å². The van der Waals surface area contributed by atoms with E-state index in [1.54, 1.807) is 7.05 Å². The summed E-state index contributed by atoms with van der Waals surface area (Å²) in [4.78, 5) is 4.04. The van der Waals surface area contributed by atoms with Crippen LogP contribution in [0, 0.1) is 11.7 Å². The minimum absolute atomic E-state index is 0.0190. The van der Waals surface area contributed by atoms with Crippen LogP contribution in [0.4, 0.5) is 13.2 Å². The number of nitrogens with one attached hydrogen (secondary N) is 2. The molecule has 1 aromatic rings. The monoisotopic (exact) mass is 403 g/mol. The van der Waals surface area contributed by atoms with Crippen molar-refractivity contribution in [1.82, 2.24) is 10.6 Å². The Labute approximate surface area is 163 Å². The molecular weight excluding hydrogens is 375 g/mol. The molecular formula is C19H28F3N3O3. The first kappa shape index (κ1) is 22.3. The van der Waals surface area contributed by atoms with E-state index in [2.05, 4.69) is 20.4 Å². The van der Waals surface area contributed by atoms with E-state index in [1.807, 2.05) is 0 Å². The maximum Gasteiger partial charge on any atom is 0.387 e. The van der Waals surface area contributed by atoms with Gasteiger partial charge in [0.2, 0.25) is 0 Å². The fraction of sp³-hybridized carbons (Fsp3) is 0.632. The minimum Gasteiger partial charge on any atom is -0.434 e. The van der Waals surface area contributed by atoms with Crippen molar-refractivity contribution in [1.29, 1.82) is 0 Å². The zero-order valence-corrected chi connectivity index (χ0v) is 16.1. The second-order valence-electron chi connectivity index (χ2n) is 6.43. The van der Waals surface area contributed by atoms with Gasteiger partial charge in [0.25, 0.3) is 0 Å². The standard InChI is InChI=1S/C19H28F3N3O3/c1-23-19(24-8-3-9-27-13-14-6-10-26-11-7-14)25-12-15-16(20)4-2-5-17(15)28-18(21)22/h2,4-5,14,18H,3,6-13H2,1H3,(H2,23,24,25). The molecule has 0 unspecified atom stereocenters. The van der Waals surface area contributed by atoms with Gasteiger partial charge in [-0.05, 0) is 37.3 Å². The zero-order valence-electron chi connectivity index (χ0n) is 16.1. The fourth-order valence-electron chi connectivity index (χ4n) is 2.85. The second-order valence-corrected chi connectivity index (χ2v) is 6.43. The summed E-state index contributed by atoms with van der Waals surface area (Å²) < 4.78 is 54.3. The molecule has 1 heterocycles. The topological polar surface area (TPSA) is 64.1 Å². The Bertz CT molecular complexity index is 611. The Kier molecular flexibility index (Phi) is 9.92. The third kappa shape index (κ3) is 7.93. The van der Waals surface area contributed by atoms with Crippen LogP contribution in [0.2, 0.25) is 0 Å². The molecule has 158 valence electrons. The van der Waals surface area contributed by atoms with Gasteiger partial charge in [0.15, 0.2) is 5.96 Å². The molecule has 1 aliphatic heterocycles. The van der Waals surface area contributed by atoms with Crippen molar-refractivity contribution in [2.24, 2.45) is 10.9 Å². The van der Waals surface area contributed by atoms with E-state index in [0.29, 0.717) is 25.0 Å². The van der Waals surface area contributed by atoms with Gasteiger partial charge < -0.3 is 24.8 Å². The molecule has 6 nitrogen and oxygen atoms in total. The molecule has 0 radical (unpaired) electrons. The van der Waals surface area contributed by atoms with Gasteiger partial charge in [0, 0.05) is 52.1 Å². The molecule has 1 fully saturated rings. The van der Waals surface area contributed by atoms with Crippen LogP contribution in [0.25, 0.3) is 0 Å². The number of alkyl halides is 2. The third-order valence-corrected chi connectivity index (χ3v) is 4.40. The van der Waals surface area contributed by atoms with Crippen molar-refractivity contribution in [3.63, 3.8) is 0 Å². The Balaban J connectivity index is 1.67. The van der Waals surface area contributed by atoms with Crippen LogP contribution >= 0.6 is 0 Å². The van der Waals surface area contributed by atoms with Crippen LogP contribution in [-0.2, 0) is 16.0 Å². The van der Waals surface area contributed by atoms with Gasteiger partial charge in [-0.3, -0.25) is 4.99 Å². The molecule has 0 saturated carbocycles. The number of hydrogen-bond acceptors (Lipinski definition) is 4. The molecule has 9 heteroatoms. The van der Waals surface area contributed by atoms with Crippen LogP contribution in [0.5, 0.6) is 5.75 Å². The maximum absolute atomic E-state index is 14.0. The highest BCUT2D eigenvalue weighted by Crippen LogP contribution is 2.23. The molecule has 0 aromatic heterocycles. The first-order valence-corrected chi connectivity index (χ1v) is 9.42. The minimum atomic E-state index is -3.01. The molecule has 0 spiro atoms. The van der Waals surface area contributed by atoms with E-state index in [4.69, 9.17) is 9.47 Å². The summed E-state index contributed by atoms with van der Waals surface area (Å²) in [5, 5.41) is 5.99. The molecule has 0 amide bonds. The zero-order chi connectivity index (χ0) is 20.2. The number of aliphatic imine (C=N–C) groups is 1. The summed E-state index contributed by atoms with van der Waals surface area (Å²) in [5.41, 5.74) is 0.0190. The highest BCUT2D eigenvalue weighted by atomic mass is 19.3. The molecule has 0 bridgehead atoms. The highest BCUT2D eigenvalue weighted by Gasteiger charge is 2.15. The molecule has 1 saturated heterocycles. The molecule has 1 aromatic carbocycles. The summed E-state index contributed by atoms with van der Waals surface area (Å²) >= 11 is 0. The van der Waals surface area contributed by atoms with Crippen LogP contribution in [0.15, 0.2) is 23.2 Å². The van der Waals surface area contributed by atoms with Gasteiger partial charge in [-0.25, -0.2) is 4.39 Å². The lowest BCUT2D eigenvalue weighted by atomic mass is 10.0. The predicted molar refractivity (Wildman–Crippen MR) is 100 cm³/mol. The van der Waals surface area contributed by atoms with Gasteiger partial charge in [-0.15, -0.1) is 0 Å². The highest BCUT2D eigenvalue weighted by molar-refractivity contribution is 5.79. The average Bonchev–Trinajstić information content (AvgIpc) is 2.68. The number of halogens is 3. The number of rotatable bonds is 10.